The maximum atomic E-state index is 3.90. The van der Waals surface area contributed by atoms with E-state index in [0.717, 1.165) is 6.54 Å². The third-order valence-corrected chi connectivity index (χ3v) is 4.85. The van der Waals surface area contributed by atoms with E-state index < -0.39 is 0 Å². The van der Waals surface area contributed by atoms with Gasteiger partial charge in [0.05, 0.1) is 0 Å². The molecule has 108 valence electrons. The van der Waals surface area contributed by atoms with Crippen LogP contribution in [-0.4, -0.2) is 12.1 Å². The molecule has 0 amide bonds. The Morgan fingerprint density at radius 3 is 2.58 bits per heavy atom. The first kappa shape index (κ1) is 14.8. The van der Waals surface area contributed by atoms with Crippen LogP contribution in [0.3, 0.4) is 0 Å². The van der Waals surface area contributed by atoms with E-state index in [0.29, 0.717) is 11.5 Å². The van der Waals surface area contributed by atoms with Crippen LogP contribution in [0.15, 0.2) is 23.3 Å². The van der Waals surface area contributed by atoms with Crippen LogP contribution in [0.1, 0.15) is 72.1 Å². The minimum atomic E-state index is 0.300. The lowest BCUT2D eigenvalue weighted by Gasteiger charge is -2.41. The highest BCUT2D eigenvalue weighted by molar-refractivity contribution is 5.38. The van der Waals surface area contributed by atoms with Crippen molar-refractivity contribution in [2.45, 2.75) is 77.7 Å². The first-order valence-corrected chi connectivity index (χ1v) is 8.34. The van der Waals surface area contributed by atoms with Crippen LogP contribution in [0.25, 0.3) is 0 Å². The summed E-state index contributed by atoms with van der Waals surface area (Å²) in [5.74, 6) is 0.704. The Morgan fingerprint density at radius 2 is 1.95 bits per heavy atom. The molecule has 0 spiro atoms. The van der Waals surface area contributed by atoms with Crippen molar-refractivity contribution in [3.05, 3.63) is 23.3 Å². The Hall–Kier alpha value is -0.560. The molecule has 2 aliphatic carbocycles. The molecule has 0 aromatic rings. The van der Waals surface area contributed by atoms with Crippen molar-refractivity contribution >= 4 is 0 Å². The van der Waals surface area contributed by atoms with E-state index in [1.54, 1.807) is 11.1 Å². The van der Waals surface area contributed by atoms with Gasteiger partial charge >= 0.3 is 0 Å². The quantitative estimate of drug-likeness (QED) is 0.735. The highest BCUT2D eigenvalue weighted by Crippen LogP contribution is 2.38. The average Bonchev–Trinajstić information content (AvgIpc) is 2.46. The number of rotatable bonds is 5. The lowest BCUT2D eigenvalue weighted by Crippen LogP contribution is -2.48. The molecule has 0 atom stereocenters. The molecular weight excluding hydrogens is 230 g/mol. The van der Waals surface area contributed by atoms with E-state index >= 15 is 0 Å². The van der Waals surface area contributed by atoms with E-state index in [9.17, 15) is 0 Å². The molecule has 0 saturated heterocycles. The summed E-state index contributed by atoms with van der Waals surface area (Å²) in [4.78, 5) is 0. The lowest BCUT2D eigenvalue weighted by atomic mass is 9.73. The second-order valence-electron chi connectivity index (χ2n) is 6.64. The van der Waals surface area contributed by atoms with Gasteiger partial charge in [-0.15, -0.1) is 0 Å². The normalized spacial score (nSPS) is 23.2. The fourth-order valence-corrected chi connectivity index (χ4v) is 3.60. The van der Waals surface area contributed by atoms with Crippen LogP contribution >= 0.6 is 0 Å². The fraction of sp³-hybridized carbons (Fsp3) is 0.778. The van der Waals surface area contributed by atoms with Crippen LogP contribution in [0, 0.1) is 5.92 Å². The maximum absolute atomic E-state index is 3.90. The molecule has 0 aromatic carbocycles. The summed E-state index contributed by atoms with van der Waals surface area (Å²) in [6.45, 7) is 8.10. The van der Waals surface area contributed by atoms with Gasteiger partial charge in [-0.05, 0) is 50.1 Å². The van der Waals surface area contributed by atoms with E-state index in [4.69, 9.17) is 0 Å². The SMILES string of the molecule is CCCNC1(C2=CCCC(C(C)C)=C2)CCCCC1. The van der Waals surface area contributed by atoms with Crippen LogP contribution in [0.2, 0.25) is 0 Å². The van der Waals surface area contributed by atoms with Gasteiger partial charge in [0, 0.05) is 5.54 Å². The molecule has 1 saturated carbocycles. The van der Waals surface area contributed by atoms with Gasteiger partial charge in [0.25, 0.3) is 0 Å². The molecule has 0 radical (unpaired) electrons. The molecule has 0 unspecified atom stereocenters. The Balaban J connectivity index is 2.20. The van der Waals surface area contributed by atoms with Gasteiger partial charge in [-0.3, -0.25) is 0 Å². The molecule has 1 N–H and O–H groups in total. The van der Waals surface area contributed by atoms with Gasteiger partial charge in [0.2, 0.25) is 0 Å². The van der Waals surface area contributed by atoms with Crippen molar-refractivity contribution in [2.24, 2.45) is 5.92 Å². The Labute approximate surface area is 119 Å². The minimum Gasteiger partial charge on any atom is -0.307 e. The van der Waals surface area contributed by atoms with Gasteiger partial charge in [-0.2, -0.15) is 0 Å². The topological polar surface area (TPSA) is 12.0 Å². The molecule has 2 aliphatic rings. The summed E-state index contributed by atoms with van der Waals surface area (Å²) in [5, 5.41) is 3.90. The van der Waals surface area contributed by atoms with E-state index in [2.05, 4.69) is 38.2 Å². The Bertz CT molecular complexity index is 343. The van der Waals surface area contributed by atoms with Crippen LogP contribution in [-0.2, 0) is 0 Å². The van der Waals surface area contributed by atoms with E-state index in [-0.39, 0.29) is 0 Å². The molecule has 1 nitrogen and oxygen atoms in total. The summed E-state index contributed by atoms with van der Waals surface area (Å²) < 4.78 is 0. The average molecular weight is 261 g/mol. The predicted octanol–water partition coefficient (Wildman–Crippen LogP) is 4.99. The molecular formula is C18H31N. The second kappa shape index (κ2) is 6.74. The van der Waals surface area contributed by atoms with Crippen LogP contribution in [0.4, 0.5) is 0 Å². The van der Waals surface area contributed by atoms with Crippen LogP contribution in [0.5, 0.6) is 0 Å². The third-order valence-electron chi connectivity index (χ3n) is 4.85. The Kier molecular flexibility index (Phi) is 5.27. The van der Waals surface area contributed by atoms with Crippen molar-refractivity contribution < 1.29 is 0 Å². The second-order valence-corrected chi connectivity index (χ2v) is 6.64. The van der Waals surface area contributed by atoms with Gasteiger partial charge < -0.3 is 5.32 Å². The van der Waals surface area contributed by atoms with E-state index in [1.807, 2.05) is 0 Å². The number of hydrogen-bond donors (Lipinski definition) is 1. The first-order chi connectivity index (χ1) is 9.18. The molecule has 1 heteroatoms. The molecule has 0 aromatic heterocycles. The smallest absolute Gasteiger partial charge is 0.0431 e. The first-order valence-electron chi connectivity index (χ1n) is 8.34. The van der Waals surface area contributed by atoms with Gasteiger partial charge in [0.1, 0.15) is 0 Å². The largest absolute Gasteiger partial charge is 0.307 e. The molecule has 19 heavy (non-hydrogen) atoms. The number of nitrogens with one attached hydrogen (secondary N) is 1. The molecule has 0 bridgehead atoms. The van der Waals surface area contributed by atoms with Crippen molar-refractivity contribution in [2.75, 3.05) is 6.54 Å². The van der Waals surface area contributed by atoms with Crippen molar-refractivity contribution in [1.29, 1.82) is 0 Å². The highest BCUT2D eigenvalue weighted by atomic mass is 15.0. The summed E-state index contributed by atoms with van der Waals surface area (Å²) in [7, 11) is 0. The van der Waals surface area contributed by atoms with Gasteiger partial charge in [-0.25, -0.2) is 0 Å². The molecule has 1 fully saturated rings. The summed E-state index contributed by atoms with van der Waals surface area (Å²) in [6, 6.07) is 0. The summed E-state index contributed by atoms with van der Waals surface area (Å²) in [5.41, 5.74) is 3.56. The van der Waals surface area contributed by atoms with E-state index in [1.165, 1.54) is 51.4 Å². The van der Waals surface area contributed by atoms with Crippen molar-refractivity contribution in [3.8, 4) is 0 Å². The van der Waals surface area contributed by atoms with Crippen molar-refractivity contribution in [3.63, 3.8) is 0 Å². The minimum absolute atomic E-state index is 0.300. The molecule has 0 aliphatic heterocycles. The zero-order valence-corrected chi connectivity index (χ0v) is 13.1. The van der Waals surface area contributed by atoms with Crippen molar-refractivity contribution in [1.82, 2.24) is 5.32 Å². The molecule has 0 heterocycles. The highest BCUT2D eigenvalue weighted by Gasteiger charge is 2.34. The monoisotopic (exact) mass is 261 g/mol. The molecule has 2 rings (SSSR count). The maximum Gasteiger partial charge on any atom is 0.0431 e. The zero-order valence-electron chi connectivity index (χ0n) is 13.1. The van der Waals surface area contributed by atoms with Crippen LogP contribution < -0.4 is 5.32 Å². The summed E-state index contributed by atoms with van der Waals surface area (Å²) in [6.07, 6.45) is 15.7. The third kappa shape index (κ3) is 3.51. The fourth-order valence-electron chi connectivity index (χ4n) is 3.60. The van der Waals surface area contributed by atoms with Gasteiger partial charge in [-0.1, -0.05) is 57.8 Å². The number of hydrogen-bond acceptors (Lipinski definition) is 1. The predicted molar refractivity (Wildman–Crippen MR) is 84.3 cm³/mol. The standard InChI is InChI=1S/C18H31N/c1-4-13-19-18(11-6-5-7-12-18)17-10-8-9-16(14-17)15(2)3/h10,14-15,19H,4-9,11-13H2,1-3H3. The zero-order chi connectivity index (χ0) is 13.7. The lowest BCUT2D eigenvalue weighted by molar-refractivity contribution is 0.277. The summed E-state index contributed by atoms with van der Waals surface area (Å²) >= 11 is 0. The Morgan fingerprint density at radius 1 is 1.21 bits per heavy atom. The van der Waals surface area contributed by atoms with Gasteiger partial charge in [0.15, 0.2) is 0 Å². The number of allylic oxidation sites excluding steroid dienone is 2.